The van der Waals surface area contributed by atoms with Gasteiger partial charge in [-0.05, 0) is 0 Å². The molecule has 0 aromatic carbocycles. The van der Waals surface area contributed by atoms with E-state index >= 15 is 0 Å². The molecule has 0 spiro atoms. The van der Waals surface area contributed by atoms with Crippen molar-refractivity contribution in [1.29, 1.82) is 0 Å². The predicted octanol–water partition coefficient (Wildman–Crippen LogP) is 2.51. The molecule has 0 aliphatic heterocycles. The fourth-order valence-electron chi connectivity index (χ4n) is 1.22. The molecule has 5 nitrogen and oxygen atoms in total. The Morgan fingerprint density at radius 1 is 1.42 bits per heavy atom. The van der Waals surface area contributed by atoms with Crippen LogP contribution >= 0.6 is 22.9 Å². The third kappa shape index (κ3) is 3.67. The average Bonchev–Trinajstić information content (AvgIpc) is 2.71. The highest BCUT2D eigenvalue weighted by Crippen LogP contribution is 2.28. The summed E-state index contributed by atoms with van der Waals surface area (Å²) in [5, 5.41) is 3.87. The van der Waals surface area contributed by atoms with Gasteiger partial charge in [0.05, 0.1) is 6.54 Å². The maximum Gasteiger partial charge on any atom is 0.451 e. The quantitative estimate of drug-likeness (QED) is 0.855. The van der Waals surface area contributed by atoms with Gasteiger partial charge in [0.1, 0.15) is 11.0 Å². The number of hydrogen-bond donors (Lipinski definition) is 2. The number of halogens is 4. The summed E-state index contributed by atoms with van der Waals surface area (Å²) in [7, 11) is 0. The number of nitrogens with zero attached hydrogens (tertiary/aromatic N) is 2. The molecule has 0 bridgehead atoms. The standard InChI is InChI=1S/C9H6ClF3N4OS/c10-5-1-6(17-7(16-5)9(11,12)13)14-2-4-3-19-8(18)15-4/h1,3H,2H2,(H,15,18)(H,14,16,17). The van der Waals surface area contributed by atoms with Crippen LogP contribution in [0.25, 0.3) is 0 Å². The van der Waals surface area contributed by atoms with Gasteiger partial charge >= 0.3 is 11.0 Å². The van der Waals surface area contributed by atoms with E-state index in [-0.39, 0.29) is 22.4 Å². The van der Waals surface area contributed by atoms with Crippen molar-refractivity contribution in [3.63, 3.8) is 0 Å². The van der Waals surface area contributed by atoms with Crippen LogP contribution in [0.15, 0.2) is 16.2 Å². The number of nitrogens with one attached hydrogen (secondary N) is 2. The Labute approximate surface area is 113 Å². The summed E-state index contributed by atoms with van der Waals surface area (Å²) in [6, 6.07) is 1.17. The van der Waals surface area contributed by atoms with Gasteiger partial charge in [-0.3, -0.25) is 4.79 Å². The van der Waals surface area contributed by atoms with E-state index in [0.29, 0.717) is 5.69 Å². The Morgan fingerprint density at radius 2 is 2.16 bits per heavy atom. The van der Waals surface area contributed by atoms with E-state index in [1.54, 1.807) is 5.38 Å². The van der Waals surface area contributed by atoms with Crippen molar-refractivity contribution in [3.8, 4) is 0 Å². The van der Waals surface area contributed by atoms with Crippen molar-refractivity contribution in [1.82, 2.24) is 15.0 Å². The molecule has 0 saturated heterocycles. The summed E-state index contributed by atoms with van der Waals surface area (Å²) >= 11 is 6.46. The molecule has 0 fully saturated rings. The Morgan fingerprint density at radius 3 is 2.74 bits per heavy atom. The van der Waals surface area contributed by atoms with E-state index in [9.17, 15) is 18.0 Å². The van der Waals surface area contributed by atoms with E-state index in [1.807, 2.05) is 0 Å². The molecular weight excluding hydrogens is 305 g/mol. The largest absolute Gasteiger partial charge is 0.451 e. The van der Waals surface area contributed by atoms with Crippen molar-refractivity contribution >= 4 is 28.8 Å². The highest BCUT2D eigenvalue weighted by Gasteiger charge is 2.35. The van der Waals surface area contributed by atoms with Crippen LogP contribution in [0, 0.1) is 0 Å². The van der Waals surface area contributed by atoms with Gasteiger partial charge in [-0.2, -0.15) is 13.2 Å². The van der Waals surface area contributed by atoms with Crippen LogP contribution in [-0.4, -0.2) is 15.0 Å². The average molecular weight is 311 g/mol. The van der Waals surface area contributed by atoms with Crippen LogP contribution in [-0.2, 0) is 12.7 Å². The Bertz CT molecular complexity index is 639. The van der Waals surface area contributed by atoms with Crippen LogP contribution in [0.1, 0.15) is 11.5 Å². The molecule has 0 aliphatic rings. The summed E-state index contributed by atoms with van der Waals surface area (Å²) in [4.78, 5) is 19.6. The first-order valence-corrected chi connectivity index (χ1v) is 6.13. The van der Waals surface area contributed by atoms with Gasteiger partial charge < -0.3 is 10.3 Å². The monoisotopic (exact) mass is 310 g/mol. The molecule has 0 radical (unpaired) electrons. The molecule has 0 atom stereocenters. The molecule has 2 aromatic rings. The van der Waals surface area contributed by atoms with Crippen molar-refractivity contribution < 1.29 is 13.2 Å². The maximum absolute atomic E-state index is 12.5. The van der Waals surface area contributed by atoms with E-state index < -0.39 is 12.0 Å². The molecule has 102 valence electrons. The zero-order chi connectivity index (χ0) is 14.0. The predicted molar refractivity (Wildman–Crippen MR) is 64.3 cm³/mol. The molecule has 2 rings (SSSR count). The minimum absolute atomic E-state index is 0.0700. The zero-order valence-electron chi connectivity index (χ0n) is 9.08. The van der Waals surface area contributed by atoms with Gasteiger partial charge in [-0.1, -0.05) is 22.9 Å². The normalized spacial score (nSPS) is 11.6. The van der Waals surface area contributed by atoms with Crippen LogP contribution in [0.3, 0.4) is 0 Å². The summed E-state index contributed by atoms with van der Waals surface area (Å²) in [5.41, 5.74) is 0.540. The summed E-state index contributed by atoms with van der Waals surface area (Å²) in [6.07, 6.45) is -4.67. The number of aromatic nitrogens is 3. The molecule has 0 unspecified atom stereocenters. The third-order valence-corrected chi connectivity index (χ3v) is 2.89. The molecule has 2 aromatic heterocycles. The topological polar surface area (TPSA) is 70.7 Å². The van der Waals surface area contributed by atoms with Crippen molar-refractivity contribution in [2.24, 2.45) is 0 Å². The Kier molecular flexibility index (Phi) is 3.76. The van der Waals surface area contributed by atoms with E-state index in [2.05, 4.69) is 20.3 Å². The first kappa shape index (κ1) is 13.8. The van der Waals surface area contributed by atoms with Crippen molar-refractivity contribution in [2.75, 3.05) is 5.32 Å². The van der Waals surface area contributed by atoms with E-state index in [1.165, 1.54) is 6.07 Å². The number of hydrogen-bond acceptors (Lipinski definition) is 5. The number of aromatic amines is 1. The van der Waals surface area contributed by atoms with Gasteiger partial charge in [-0.25, -0.2) is 9.97 Å². The SMILES string of the molecule is O=c1[nH]c(CNc2cc(Cl)nc(C(F)(F)F)n2)cs1. The summed E-state index contributed by atoms with van der Waals surface area (Å²) in [5.74, 6) is -1.39. The lowest BCUT2D eigenvalue weighted by molar-refractivity contribution is -0.144. The van der Waals surface area contributed by atoms with Crippen LogP contribution in [0.5, 0.6) is 0 Å². The minimum atomic E-state index is -4.67. The molecule has 2 N–H and O–H groups in total. The third-order valence-electron chi connectivity index (χ3n) is 1.98. The molecule has 19 heavy (non-hydrogen) atoms. The first-order valence-electron chi connectivity index (χ1n) is 4.87. The maximum atomic E-state index is 12.5. The van der Waals surface area contributed by atoms with Gasteiger partial charge in [0.2, 0.25) is 5.82 Å². The summed E-state index contributed by atoms with van der Waals surface area (Å²) < 4.78 is 37.4. The number of anilines is 1. The second-order valence-electron chi connectivity index (χ2n) is 3.42. The lowest BCUT2D eigenvalue weighted by atomic mass is 10.4. The van der Waals surface area contributed by atoms with Crippen LogP contribution in [0.4, 0.5) is 19.0 Å². The van der Waals surface area contributed by atoms with Gasteiger partial charge in [0.15, 0.2) is 0 Å². The van der Waals surface area contributed by atoms with Gasteiger partial charge in [0.25, 0.3) is 0 Å². The highest BCUT2D eigenvalue weighted by molar-refractivity contribution is 7.07. The number of H-pyrrole nitrogens is 1. The van der Waals surface area contributed by atoms with Crippen molar-refractivity contribution in [2.45, 2.75) is 12.7 Å². The lowest BCUT2D eigenvalue weighted by Crippen LogP contribution is -2.13. The molecular formula is C9H6ClF3N4OS. The molecule has 0 amide bonds. The van der Waals surface area contributed by atoms with Crippen LogP contribution in [0.2, 0.25) is 5.15 Å². The molecule has 0 aliphatic carbocycles. The zero-order valence-corrected chi connectivity index (χ0v) is 10.7. The number of thiazole rings is 1. The highest BCUT2D eigenvalue weighted by atomic mass is 35.5. The van der Waals surface area contributed by atoms with Crippen molar-refractivity contribution in [3.05, 3.63) is 37.8 Å². The molecule has 0 saturated carbocycles. The fourth-order valence-corrected chi connectivity index (χ4v) is 1.99. The van der Waals surface area contributed by atoms with Gasteiger partial charge in [-0.15, -0.1) is 0 Å². The fraction of sp³-hybridized carbons (Fsp3) is 0.222. The number of alkyl halides is 3. The first-order chi connectivity index (χ1) is 8.84. The Balaban J connectivity index is 2.16. The van der Waals surface area contributed by atoms with E-state index in [0.717, 1.165) is 11.3 Å². The minimum Gasteiger partial charge on any atom is -0.364 e. The molecule has 10 heteroatoms. The van der Waals surface area contributed by atoms with Gasteiger partial charge in [0, 0.05) is 17.1 Å². The lowest BCUT2D eigenvalue weighted by Gasteiger charge is -2.08. The Hall–Kier alpha value is -1.61. The summed E-state index contributed by atoms with van der Waals surface area (Å²) in [6.45, 7) is 0.128. The van der Waals surface area contributed by atoms with E-state index in [4.69, 9.17) is 11.6 Å². The molecule has 2 heterocycles. The van der Waals surface area contributed by atoms with Crippen LogP contribution < -0.4 is 10.2 Å². The second kappa shape index (κ2) is 5.17. The second-order valence-corrected chi connectivity index (χ2v) is 4.65. The smallest absolute Gasteiger partial charge is 0.364 e. The number of rotatable bonds is 3.